The number of methoxy groups -OCH3 is 1. The lowest BCUT2D eigenvalue weighted by atomic mass is 10.2. The number of carbonyl (C=O) groups is 1. The van der Waals surface area contributed by atoms with Crippen molar-refractivity contribution in [2.75, 3.05) is 20.2 Å². The summed E-state index contributed by atoms with van der Waals surface area (Å²) in [6.07, 6.45) is 5.22. The third-order valence-corrected chi connectivity index (χ3v) is 3.58. The number of likely N-dealkylation sites (tertiary alicyclic amines) is 1. The van der Waals surface area contributed by atoms with Gasteiger partial charge in [0, 0.05) is 19.2 Å². The fourth-order valence-corrected chi connectivity index (χ4v) is 2.38. The van der Waals surface area contributed by atoms with E-state index in [2.05, 4.69) is 5.08 Å². The van der Waals surface area contributed by atoms with Crippen LogP contribution in [-0.4, -0.2) is 36.1 Å². The average molecular weight is 307 g/mol. The number of hydrogen-bond donors (Lipinski definition) is 0. The van der Waals surface area contributed by atoms with Crippen LogP contribution in [0.3, 0.4) is 0 Å². The van der Waals surface area contributed by atoms with Crippen molar-refractivity contribution < 1.29 is 13.9 Å². The lowest BCUT2D eigenvalue weighted by Crippen LogP contribution is -2.40. The van der Waals surface area contributed by atoms with E-state index in [4.69, 9.17) is 14.5 Å². The number of hydrogen-bond acceptors (Lipinski definition) is 5. The monoisotopic (exact) mass is 307 g/mol. The molecule has 118 valence electrons. The summed E-state index contributed by atoms with van der Waals surface area (Å²) in [4.78, 5) is 25.7. The van der Waals surface area contributed by atoms with Gasteiger partial charge >= 0.3 is 11.1 Å². The van der Waals surface area contributed by atoms with Gasteiger partial charge in [-0.15, -0.1) is 0 Å². The van der Waals surface area contributed by atoms with Crippen LogP contribution < -0.4 is 10.2 Å². The topological polar surface area (TPSA) is 91.1 Å². The first-order chi connectivity index (χ1) is 10.7. The average Bonchev–Trinajstić information content (AvgIpc) is 2.81. The molecule has 2 amide bonds. The standard InChI is InChI=1S/C14H19N4O4/c1-21-13-10-22-11(8-12(13)19)9-18(16-15)14(20)17-6-4-2-3-5-7-17/h8,10H,2-7,9H2,1H3/q+1. The SMILES string of the molecule is COc1coc(CN([N+]#N)C(=O)N2CCCCCC2)cc1=O. The first-order valence-electron chi connectivity index (χ1n) is 7.23. The summed E-state index contributed by atoms with van der Waals surface area (Å²) >= 11 is 0. The molecular formula is C14H19N4O4+. The Kier molecular flexibility index (Phi) is 5.36. The zero-order chi connectivity index (χ0) is 15.9. The Morgan fingerprint density at radius 2 is 2.09 bits per heavy atom. The Morgan fingerprint density at radius 1 is 1.41 bits per heavy atom. The van der Waals surface area contributed by atoms with Crippen molar-refractivity contribution in [3.05, 3.63) is 33.4 Å². The van der Waals surface area contributed by atoms with Crippen LogP contribution >= 0.6 is 0 Å². The number of amides is 2. The van der Waals surface area contributed by atoms with Gasteiger partial charge in [-0.05, 0) is 12.8 Å². The zero-order valence-electron chi connectivity index (χ0n) is 12.5. The smallest absolute Gasteiger partial charge is 0.393 e. The predicted octanol–water partition coefficient (Wildman–Crippen LogP) is 2.21. The van der Waals surface area contributed by atoms with Crippen LogP contribution in [0.25, 0.3) is 5.08 Å². The Labute approximate surface area is 127 Å². The molecule has 0 spiro atoms. The van der Waals surface area contributed by atoms with Crippen molar-refractivity contribution in [2.24, 2.45) is 0 Å². The highest BCUT2D eigenvalue weighted by Gasteiger charge is 2.31. The molecule has 0 saturated carbocycles. The van der Waals surface area contributed by atoms with E-state index in [-0.39, 0.29) is 23.5 Å². The molecule has 2 rings (SSSR count). The molecule has 0 radical (unpaired) electrons. The molecule has 2 heterocycles. The minimum Gasteiger partial charge on any atom is -0.490 e. The van der Waals surface area contributed by atoms with Gasteiger partial charge in [0.25, 0.3) is 5.39 Å². The van der Waals surface area contributed by atoms with Crippen LogP contribution in [0, 0.1) is 5.39 Å². The van der Waals surface area contributed by atoms with Crippen LogP contribution in [0.5, 0.6) is 5.75 Å². The van der Waals surface area contributed by atoms with Gasteiger partial charge in [-0.25, -0.2) is 4.79 Å². The van der Waals surface area contributed by atoms with Gasteiger partial charge in [0.2, 0.25) is 11.2 Å². The largest absolute Gasteiger partial charge is 0.490 e. The zero-order valence-corrected chi connectivity index (χ0v) is 12.5. The number of nitrogens with zero attached hydrogens (tertiary/aromatic N) is 4. The third kappa shape index (κ3) is 3.75. The molecule has 8 heteroatoms. The molecule has 22 heavy (non-hydrogen) atoms. The van der Waals surface area contributed by atoms with Crippen LogP contribution in [0.1, 0.15) is 31.4 Å². The molecule has 1 aromatic heterocycles. The molecule has 0 unspecified atom stereocenters. The van der Waals surface area contributed by atoms with E-state index in [1.807, 2.05) is 0 Å². The maximum absolute atomic E-state index is 12.3. The Hall–Kier alpha value is -2.56. The molecular weight excluding hydrogens is 288 g/mol. The highest BCUT2D eigenvalue weighted by atomic mass is 16.5. The summed E-state index contributed by atoms with van der Waals surface area (Å²) in [6.45, 7) is 1.15. The van der Waals surface area contributed by atoms with E-state index in [0.29, 0.717) is 13.1 Å². The molecule has 0 N–H and O–H groups in total. The first-order valence-corrected chi connectivity index (χ1v) is 7.23. The molecule has 1 aliphatic heterocycles. The van der Waals surface area contributed by atoms with E-state index in [9.17, 15) is 9.59 Å². The molecule has 1 aliphatic rings. The predicted molar refractivity (Wildman–Crippen MR) is 77.6 cm³/mol. The van der Waals surface area contributed by atoms with E-state index in [1.165, 1.54) is 19.4 Å². The summed E-state index contributed by atoms with van der Waals surface area (Å²) in [7, 11) is 1.37. The van der Waals surface area contributed by atoms with Crippen molar-refractivity contribution in [2.45, 2.75) is 32.2 Å². The number of ether oxygens (including phenoxy) is 1. The number of urea groups is 1. The van der Waals surface area contributed by atoms with Gasteiger partial charge in [-0.2, -0.15) is 0 Å². The second-order valence-electron chi connectivity index (χ2n) is 5.11. The maximum atomic E-state index is 12.3. The van der Waals surface area contributed by atoms with E-state index in [1.54, 1.807) is 4.90 Å². The lowest BCUT2D eigenvalue weighted by molar-refractivity contribution is 0.164. The molecule has 0 bridgehead atoms. The number of carbonyl (C=O) groups excluding carboxylic acids is 1. The Bertz CT molecular complexity index is 614. The van der Waals surface area contributed by atoms with Crippen molar-refractivity contribution in [3.63, 3.8) is 0 Å². The summed E-state index contributed by atoms with van der Waals surface area (Å²) in [5.41, 5.74) is -0.358. The quantitative estimate of drug-likeness (QED) is 0.630. The van der Waals surface area contributed by atoms with E-state index < -0.39 is 6.03 Å². The van der Waals surface area contributed by atoms with Crippen LogP contribution in [0.15, 0.2) is 21.5 Å². The Balaban J connectivity index is 2.08. The number of diazo groups is 1. The molecule has 1 aromatic rings. The van der Waals surface area contributed by atoms with Crippen molar-refractivity contribution in [3.8, 4) is 5.75 Å². The molecule has 1 fully saturated rings. The summed E-state index contributed by atoms with van der Waals surface area (Å²) in [6, 6.07) is 0.815. The lowest BCUT2D eigenvalue weighted by Gasteiger charge is -2.19. The highest BCUT2D eigenvalue weighted by molar-refractivity contribution is 5.74. The maximum Gasteiger partial charge on any atom is 0.393 e. The third-order valence-electron chi connectivity index (χ3n) is 3.58. The van der Waals surface area contributed by atoms with Gasteiger partial charge in [0.05, 0.1) is 12.1 Å². The first kappa shape index (κ1) is 15.8. The molecule has 1 saturated heterocycles. The van der Waals surface area contributed by atoms with E-state index >= 15 is 0 Å². The molecule has 8 nitrogen and oxygen atoms in total. The van der Waals surface area contributed by atoms with Crippen molar-refractivity contribution >= 4 is 6.03 Å². The van der Waals surface area contributed by atoms with Crippen molar-refractivity contribution in [1.29, 1.82) is 5.39 Å². The second-order valence-corrected chi connectivity index (χ2v) is 5.11. The van der Waals surface area contributed by atoms with Crippen molar-refractivity contribution in [1.82, 2.24) is 9.91 Å². The number of rotatable bonds is 3. The van der Waals surface area contributed by atoms with E-state index in [0.717, 1.165) is 30.7 Å². The van der Waals surface area contributed by atoms with Gasteiger partial charge in [-0.1, -0.05) is 12.8 Å². The van der Waals surface area contributed by atoms with Gasteiger partial charge in [0.15, 0.2) is 6.54 Å². The molecule has 0 aliphatic carbocycles. The van der Waals surface area contributed by atoms with Gasteiger partial charge in [-0.3, -0.25) is 4.79 Å². The highest BCUT2D eigenvalue weighted by Crippen LogP contribution is 2.14. The summed E-state index contributed by atoms with van der Waals surface area (Å²) < 4.78 is 10.0. The van der Waals surface area contributed by atoms with Gasteiger partial charge in [0.1, 0.15) is 12.0 Å². The Morgan fingerprint density at radius 3 is 2.64 bits per heavy atom. The minimum absolute atomic E-state index is 0.0788. The minimum atomic E-state index is -0.400. The molecule has 0 atom stereocenters. The fraction of sp³-hybridized carbons (Fsp3) is 0.571. The van der Waals surface area contributed by atoms with Gasteiger partial charge < -0.3 is 14.1 Å². The van der Waals surface area contributed by atoms with Crippen LogP contribution in [0.2, 0.25) is 0 Å². The molecule has 0 aromatic carbocycles. The summed E-state index contributed by atoms with van der Waals surface area (Å²) in [5.74, 6) is 0.293. The van der Waals surface area contributed by atoms with Crippen LogP contribution in [-0.2, 0) is 6.54 Å². The van der Waals surface area contributed by atoms with Crippen LogP contribution in [0.4, 0.5) is 4.79 Å². The fourth-order valence-electron chi connectivity index (χ4n) is 2.38. The summed E-state index contributed by atoms with van der Waals surface area (Å²) in [5, 5.41) is 13.0. The normalized spacial score (nSPS) is 14.8. The second kappa shape index (κ2) is 7.45.